The first kappa shape index (κ1) is 24.5. The third-order valence-corrected chi connectivity index (χ3v) is 6.67. The average molecular weight is 520 g/mol. The number of piperidine rings is 1. The zero-order valence-corrected chi connectivity index (χ0v) is 21.4. The van der Waals surface area contributed by atoms with Gasteiger partial charge in [0.2, 0.25) is 0 Å². The molecule has 5 aromatic rings. The van der Waals surface area contributed by atoms with Crippen molar-refractivity contribution in [3.8, 4) is 0 Å². The van der Waals surface area contributed by atoms with Gasteiger partial charge >= 0.3 is 0 Å². The molecular weight excluding hydrogens is 490 g/mol. The first-order chi connectivity index (χ1) is 19.2. The lowest BCUT2D eigenvalue weighted by atomic mass is 10.0. The maximum Gasteiger partial charge on any atom is 0.276 e. The summed E-state index contributed by atoms with van der Waals surface area (Å²) in [6.07, 6.45) is 8.65. The summed E-state index contributed by atoms with van der Waals surface area (Å²) in [5, 5.41) is 14.7. The number of likely N-dealkylation sites (tertiary alicyclic amines) is 1. The molecule has 1 unspecified atom stereocenters. The third kappa shape index (κ3) is 5.86. The van der Waals surface area contributed by atoms with E-state index in [0.717, 1.165) is 32.5 Å². The fraction of sp³-hybridized carbons (Fsp3) is 0.207. The van der Waals surface area contributed by atoms with Crippen molar-refractivity contribution in [3.63, 3.8) is 0 Å². The summed E-state index contributed by atoms with van der Waals surface area (Å²) in [5.41, 5.74) is 3.50. The van der Waals surface area contributed by atoms with Gasteiger partial charge in [0, 0.05) is 49.5 Å². The third-order valence-electron chi connectivity index (χ3n) is 6.67. The second-order valence-electron chi connectivity index (χ2n) is 9.56. The van der Waals surface area contributed by atoms with Crippen LogP contribution in [0.15, 0.2) is 91.5 Å². The number of benzene rings is 1. The standard InChI is InChI=1S/C29H29N9O/c39-29(34-22-11-14-30-15-12-22)25-18-32-28-24(35-26-10-4-5-13-31-26)17-27(36-38(25)28)33-23-9-6-16-37(20-23)19-21-7-2-1-3-8-21/h1-5,7-8,10-15,17-18,23H,6,9,16,19-20H2,(H,31,35)(H,33,36)(H,30,34,39). The van der Waals surface area contributed by atoms with Crippen LogP contribution in [0.4, 0.5) is 23.0 Å². The van der Waals surface area contributed by atoms with E-state index in [0.29, 0.717) is 34.4 Å². The Morgan fingerprint density at radius 2 is 1.79 bits per heavy atom. The molecule has 3 N–H and O–H groups in total. The first-order valence-electron chi connectivity index (χ1n) is 13.0. The highest BCUT2D eigenvalue weighted by molar-refractivity contribution is 6.03. The van der Waals surface area contributed by atoms with Crippen molar-refractivity contribution in [1.29, 1.82) is 0 Å². The Balaban J connectivity index is 1.28. The number of amides is 1. The van der Waals surface area contributed by atoms with Gasteiger partial charge in [-0.2, -0.15) is 0 Å². The van der Waals surface area contributed by atoms with Crippen molar-refractivity contribution >= 4 is 34.6 Å². The number of nitrogens with zero attached hydrogens (tertiary/aromatic N) is 6. The lowest BCUT2D eigenvalue weighted by molar-refractivity contribution is 0.102. The van der Waals surface area contributed by atoms with Crippen LogP contribution in [0.5, 0.6) is 0 Å². The van der Waals surface area contributed by atoms with Gasteiger partial charge in [-0.15, -0.1) is 5.10 Å². The van der Waals surface area contributed by atoms with Crippen LogP contribution < -0.4 is 16.0 Å². The Hall–Kier alpha value is -4.83. The van der Waals surface area contributed by atoms with E-state index in [2.05, 4.69) is 60.1 Å². The van der Waals surface area contributed by atoms with Crippen molar-refractivity contribution in [2.45, 2.75) is 25.4 Å². The van der Waals surface area contributed by atoms with Crippen molar-refractivity contribution in [2.75, 3.05) is 29.0 Å². The molecule has 5 heterocycles. The molecule has 1 aromatic carbocycles. The fourth-order valence-electron chi connectivity index (χ4n) is 4.86. The van der Waals surface area contributed by atoms with Crippen LogP contribution in [0, 0.1) is 0 Å². The normalized spacial score (nSPS) is 15.6. The van der Waals surface area contributed by atoms with Crippen LogP contribution in [0.3, 0.4) is 0 Å². The van der Waals surface area contributed by atoms with Gasteiger partial charge in [0.05, 0.1) is 11.9 Å². The highest BCUT2D eigenvalue weighted by Crippen LogP contribution is 2.25. The molecule has 10 heteroatoms. The van der Waals surface area contributed by atoms with Crippen LogP contribution in [0.2, 0.25) is 0 Å². The number of carbonyl (C=O) groups excluding carboxylic acids is 1. The number of pyridine rings is 2. The van der Waals surface area contributed by atoms with Crippen molar-refractivity contribution in [2.24, 2.45) is 0 Å². The molecule has 0 aliphatic carbocycles. The summed E-state index contributed by atoms with van der Waals surface area (Å²) < 4.78 is 1.58. The fourth-order valence-corrected chi connectivity index (χ4v) is 4.86. The van der Waals surface area contributed by atoms with Gasteiger partial charge in [-0.05, 0) is 49.2 Å². The van der Waals surface area contributed by atoms with E-state index in [1.54, 1.807) is 35.2 Å². The zero-order valence-electron chi connectivity index (χ0n) is 21.4. The van der Waals surface area contributed by atoms with Crippen LogP contribution in [0.1, 0.15) is 28.9 Å². The monoisotopic (exact) mass is 519 g/mol. The maximum absolute atomic E-state index is 13.2. The number of anilines is 4. The quantitative estimate of drug-likeness (QED) is 0.273. The van der Waals surface area contributed by atoms with Crippen molar-refractivity contribution < 1.29 is 4.79 Å². The molecule has 0 radical (unpaired) electrons. The second kappa shape index (κ2) is 11.3. The zero-order chi connectivity index (χ0) is 26.4. The summed E-state index contributed by atoms with van der Waals surface area (Å²) in [7, 11) is 0. The minimum Gasteiger partial charge on any atom is -0.365 e. The van der Waals surface area contributed by atoms with E-state index >= 15 is 0 Å². The first-order valence-corrected chi connectivity index (χ1v) is 13.0. The van der Waals surface area contributed by atoms with Gasteiger partial charge in [0.1, 0.15) is 11.6 Å². The van der Waals surface area contributed by atoms with Crippen LogP contribution in [-0.2, 0) is 6.54 Å². The molecule has 1 aliphatic rings. The predicted molar refractivity (Wildman–Crippen MR) is 151 cm³/mol. The van der Waals surface area contributed by atoms with Gasteiger partial charge in [0.15, 0.2) is 11.3 Å². The molecule has 1 saturated heterocycles. The van der Waals surface area contributed by atoms with Gasteiger partial charge in [-0.1, -0.05) is 36.4 Å². The van der Waals surface area contributed by atoms with Crippen LogP contribution in [0.25, 0.3) is 5.65 Å². The Bertz CT molecular complexity index is 1540. The molecule has 0 spiro atoms. The molecular formula is C29H29N9O. The molecule has 1 aliphatic heterocycles. The van der Waals surface area contributed by atoms with E-state index in [1.807, 2.05) is 30.3 Å². The van der Waals surface area contributed by atoms with Gasteiger partial charge < -0.3 is 16.0 Å². The topological polar surface area (TPSA) is 112 Å². The van der Waals surface area contributed by atoms with Gasteiger partial charge in [0.25, 0.3) is 5.91 Å². The largest absolute Gasteiger partial charge is 0.365 e. The molecule has 1 atom stereocenters. The number of nitrogens with one attached hydrogen (secondary N) is 3. The van der Waals surface area contributed by atoms with Crippen molar-refractivity contribution in [1.82, 2.24) is 29.5 Å². The number of aromatic nitrogens is 5. The van der Waals surface area contributed by atoms with Crippen LogP contribution >= 0.6 is 0 Å². The lowest BCUT2D eigenvalue weighted by Gasteiger charge is -2.33. The molecule has 4 aromatic heterocycles. The van der Waals surface area contributed by atoms with E-state index in [9.17, 15) is 4.79 Å². The van der Waals surface area contributed by atoms with E-state index in [4.69, 9.17) is 5.10 Å². The summed E-state index contributed by atoms with van der Waals surface area (Å²) in [5.74, 6) is 1.02. The summed E-state index contributed by atoms with van der Waals surface area (Å²) >= 11 is 0. The predicted octanol–water partition coefficient (Wildman–Crippen LogP) is 4.59. The number of hydrogen-bond donors (Lipinski definition) is 3. The number of carbonyl (C=O) groups is 1. The average Bonchev–Trinajstić information content (AvgIpc) is 3.39. The molecule has 10 nitrogen and oxygen atoms in total. The SMILES string of the molecule is O=C(Nc1ccncc1)c1cnc2c(Nc3ccccn3)cc(NC3CCCN(Cc4ccccc4)C3)nn12. The minimum absolute atomic E-state index is 0.215. The molecule has 6 rings (SSSR count). The van der Waals surface area contributed by atoms with E-state index in [1.165, 1.54) is 11.8 Å². The highest BCUT2D eigenvalue weighted by Gasteiger charge is 2.22. The molecule has 0 saturated carbocycles. The molecule has 1 amide bonds. The molecule has 196 valence electrons. The van der Waals surface area contributed by atoms with Crippen molar-refractivity contribution in [3.05, 3.63) is 103 Å². The summed E-state index contributed by atoms with van der Waals surface area (Å²) in [6.45, 7) is 2.88. The molecule has 0 bridgehead atoms. The molecule has 1 fully saturated rings. The van der Waals surface area contributed by atoms with E-state index in [-0.39, 0.29) is 11.9 Å². The van der Waals surface area contributed by atoms with Crippen LogP contribution in [-0.4, -0.2) is 54.5 Å². The van der Waals surface area contributed by atoms with E-state index < -0.39 is 0 Å². The lowest BCUT2D eigenvalue weighted by Crippen LogP contribution is -2.41. The van der Waals surface area contributed by atoms with Gasteiger partial charge in [-0.25, -0.2) is 14.5 Å². The summed E-state index contributed by atoms with van der Waals surface area (Å²) in [4.78, 5) is 28.6. The minimum atomic E-state index is -0.311. The summed E-state index contributed by atoms with van der Waals surface area (Å²) in [6, 6.07) is 21.8. The molecule has 39 heavy (non-hydrogen) atoms. The smallest absolute Gasteiger partial charge is 0.276 e. The Morgan fingerprint density at radius 1 is 0.949 bits per heavy atom. The Labute approximate surface area is 226 Å². The number of hydrogen-bond acceptors (Lipinski definition) is 8. The number of fused-ring (bicyclic) bond motifs is 1. The highest BCUT2D eigenvalue weighted by atomic mass is 16.2. The second-order valence-corrected chi connectivity index (χ2v) is 9.56. The Morgan fingerprint density at radius 3 is 2.62 bits per heavy atom. The van der Waals surface area contributed by atoms with Gasteiger partial charge in [-0.3, -0.25) is 14.7 Å². The maximum atomic E-state index is 13.2. The number of rotatable bonds is 8. The Kier molecular flexibility index (Phi) is 7.09. The number of imidazole rings is 1.